The van der Waals surface area contributed by atoms with Gasteiger partial charge < -0.3 is 14.2 Å². The van der Waals surface area contributed by atoms with Crippen molar-refractivity contribution in [2.45, 2.75) is 32.7 Å². The Morgan fingerprint density at radius 2 is 2.04 bits per heavy atom. The van der Waals surface area contributed by atoms with Crippen molar-refractivity contribution in [1.82, 2.24) is 10.1 Å². The van der Waals surface area contributed by atoms with Crippen molar-refractivity contribution in [3.8, 4) is 5.75 Å². The third kappa shape index (κ3) is 4.27. The van der Waals surface area contributed by atoms with E-state index in [4.69, 9.17) is 9.26 Å². The lowest BCUT2D eigenvalue weighted by Gasteiger charge is -2.22. The first-order chi connectivity index (χ1) is 11.2. The largest absolute Gasteiger partial charge is 0.480 e. The van der Waals surface area contributed by atoms with E-state index in [1.54, 1.807) is 13.0 Å². The summed E-state index contributed by atoms with van der Waals surface area (Å²) in [7, 11) is 1.52. The van der Waals surface area contributed by atoms with Crippen molar-refractivity contribution >= 4 is 5.91 Å². The van der Waals surface area contributed by atoms with Gasteiger partial charge in [-0.25, -0.2) is 0 Å². The van der Waals surface area contributed by atoms with Crippen molar-refractivity contribution in [1.29, 1.82) is 0 Å². The Balaban J connectivity index is 2.06. The van der Waals surface area contributed by atoms with Crippen molar-refractivity contribution in [2.24, 2.45) is 0 Å². The highest BCUT2D eigenvalue weighted by Gasteiger charge is 2.35. The molecule has 0 bridgehead atoms. The summed E-state index contributed by atoms with van der Waals surface area (Å²) in [6.07, 6.45) is -5.63. The number of para-hydroxylation sites is 1. The molecular formula is C16H17F3N2O3. The number of carbonyl (C=O) groups is 1. The third-order valence-corrected chi connectivity index (χ3v) is 3.30. The number of hydrogen-bond donors (Lipinski definition) is 0. The fraction of sp³-hybridized carbons (Fsp3) is 0.375. The number of halogens is 3. The van der Waals surface area contributed by atoms with Crippen molar-refractivity contribution in [3.63, 3.8) is 0 Å². The summed E-state index contributed by atoms with van der Waals surface area (Å²) in [5.74, 6) is -0.238. The van der Waals surface area contributed by atoms with Gasteiger partial charge in [0.05, 0.1) is 12.1 Å². The second-order valence-electron chi connectivity index (χ2n) is 5.38. The van der Waals surface area contributed by atoms with E-state index in [9.17, 15) is 18.0 Å². The van der Waals surface area contributed by atoms with E-state index in [1.807, 2.05) is 0 Å². The number of amides is 1. The van der Waals surface area contributed by atoms with Crippen LogP contribution in [-0.2, 0) is 17.5 Å². The van der Waals surface area contributed by atoms with Crippen LogP contribution in [0.1, 0.15) is 23.9 Å². The Morgan fingerprint density at radius 3 is 2.62 bits per heavy atom. The van der Waals surface area contributed by atoms with Crippen LogP contribution in [0.15, 0.2) is 34.9 Å². The molecule has 1 aromatic carbocycles. The first-order valence-corrected chi connectivity index (χ1v) is 7.18. The van der Waals surface area contributed by atoms with Gasteiger partial charge in [0.2, 0.25) is 0 Å². The molecule has 2 aromatic rings. The monoisotopic (exact) mass is 342 g/mol. The van der Waals surface area contributed by atoms with Crippen LogP contribution in [0.5, 0.6) is 5.75 Å². The fourth-order valence-electron chi connectivity index (χ4n) is 2.17. The lowest BCUT2D eigenvalue weighted by molar-refractivity contribution is -0.143. The van der Waals surface area contributed by atoms with E-state index in [0.29, 0.717) is 11.5 Å². The standard InChI is InChI=1S/C16H17F3N2O3/c1-10-8-12(20-24-10)9-21(3)15(22)11(2)23-14-7-5-4-6-13(14)16(17,18)19/h4-8,11H,9H2,1-3H3. The molecule has 0 aliphatic carbocycles. The number of carbonyl (C=O) groups excluding carboxylic acids is 1. The SMILES string of the molecule is Cc1cc(CN(C)C(=O)C(C)Oc2ccccc2C(F)(F)F)no1. The molecule has 1 atom stereocenters. The van der Waals surface area contributed by atoms with Crippen LogP contribution in [0.4, 0.5) is 13.2 Å². The summed E-state index contributed by atoms with van der Waals surface area (Å²) in [4.78, 5) is 13.6. The number of benzene rings is 1. The molecule has 2 rings (SSSR count). The fourth-order valence-corrected chi connectivity index (χ4v) is 2.17. The van der Waals surface area contributed by atoms with Gasteiger partial charge in [-0.15, -0.1) is 0 Å². The third-order valence-electron chi connectivity index (χ3n) is 3.30. The zero-order chi connectivity index (χ0) is 17.9. The summed E-state index contributed by atoms with van der Waals surface area (Å²) in [6, 6.07) is 6.46. The van der Waals surface area contributed by atoms with Gasteiger partial charge in [0, 0.05) is 13.1 Å². The molecule has 0 fully saturated rings. The maximum atomic E-state index is 13.0. The smallest absolute Gasteiger partial charge is 0.419 e. The summed E-state index contributed by atoms with van der Waals surface area (Å²) in [5, 5.41) is 3.77. The van der Waals surface area contributed by atoms with Gasteiger partial charge in [0.1, 0.15) is 17.2 Å². The van der Waals surface area contributed by atoms with Crippen LogP contribution in [-0.4, -0.2) is 29.1 Å². The molecule has 8 heteroatoms. The number of hydrogen-bond acceptors (Lipinski definition) is 4. The van der Waals surface area contributed by atoms with Crippen molar-refractivity contribution in [3.05, 3.63) is 47.3 Å². The molecule has 0 saturated heterocycles. The lowest BCUT2D eigenvalue weighted by atomic mass is 10.2. The molecule has 0 saturated carbocycles. The minimum absolute atomic E-state index is 0.171. The minimum Gasteiger partial charge on any atom is -0.480 e. The van der Waals surface area contributed by atoms with Crippen molar-refractivity contribution < 1.29 is 27.2 Å². The molecule has 5 nitrogen and oxygen atoms in total. The molecular weight excluding hydrogens is 325 g/mol. The van der Waals surface area contributed by atoms with Gasteiger partial charge in [-0.05, 0) is 26.0 Å². The van der Waals surface area contributed by atoms with Crippen molar-refractivity contribution in [2.75, 3.05) is 7.05 Å². The average molecular weight is 342 g/mol. The van der Waals surface area contributed by atoms with Gasteiger partial charge in [0.15, 0.2) is 6.10 Å². The number of rotatable bonds is 5. The van der Waals surface area contributed by atoms with Gasteiger partial charge in [-0.2, -0.15) is 13.2 Å². The highest BCUT2D eigenvalue weighted by molar-refractivity contribution is 5.80. The number of aromatic nitrogens is 1. The van der Waals surface area contributed by atoms with E-state index in [1.165, 1.54) is 37.1 Å². The van der Waals surface area contributed by atoms with Gasteiger partial charge >= 0.3 is 6.18 Å². The quantitative estimate of drug-likeness (QED) is 0.835. The molecule has 0 aliphatic heterocycles. The zero-order valence-electron chi connectivity index (χ0n) is 13.4. The molecule has 1 amide bonds. The maximum Gasteiger partial charge on any atom is 0.419 e. The van der Waals surface area contributed by atoms with E-state index >= 15 is 0 Å². The summed E-state index contributed by atoms with van der Waals surface area (Å²) < 4.78 is 49.0. The molecule has 0 spiro atoms. The number of aryl methyl sites for hydroxylation is 1. The number of ether oxygens (including phenoxy) is 1. The maximum absolute atomic E-state index is 13.0. The molecule has 1 aromatic heterocycles. The molecule has 1 heterocycles. The van der Waals surface area contributed by atoms with Crippen LogP contribution < -0.4 is 4.74 Å². The minimum atomic E-state index is -4.55. The normalized spacial score (nSPS) is 12.8. The van der Waals surface area contributed by atoms with E-state index in [0.717, 1.165) is 6.07 Å². The predicted molar refractivity (Wildman–Crippen MR) is 79.2 cm³/mol. The number of alkyl halides is 3. The second kappa shape index (κ2) is 6.94. The highest BCUT2D eigenvalue weighted by atomic mass is 19.4. The predicted octanol–water partition coefficient (Wildman–Crippen LogP) is 3.43. The van der Waals surface area contributed by atoms with Crippen LogP contribution in [0.25, 0.3) is 0 Å². The Hall–Kier alpha value is -2.51. The molecule has 24 heavy (non-hydrogen) atoms. The Morgan fingerprint density at radius 1 is 1.38 bits per heavy atom. The average Bonchev–Trinajstić information content (AvgIpc) is 2.90. The van der Waals surface area contributed by atoms with Gasteiger partial charge in [0.25, 0.3) is 5.91 Å². The lowest BCUT2D eigenvalue weighted by Crippen LogP contribution is -2.37. The first-order valence-electron chi connectivity index (χ1n) is 7.18. The van der Waals surface area contributed by atoms with Crippen LogP contribution in [0.2, 0.25) is 0 Å². The van der Waals surface area contributed by atoms with E-state index < -0.39 is 23.8 Å². The Bertz CT molecular complexity index is 713. The second-order valence-corrected chi connectivity index (χ2v) is 5.38. The molecule has 130 valence electrons. The topological polar surface area (TPSA) is 55.6 Å². The number of nitrogens with zero attached hydrogens (tertiary/aromatic N) is 2. The van der Waals surface area contributed by atoms with Gasteiger partial charge in [-0.3, -0.25) is 4.79 Å². The zero-order valence-corrected chi connectivity index (χ0v) is 13.4. The summed E-state index contributed by atoms with van der Waals surface area (Å²) in [6.45, 7) is 3.29. The van der Waals surface area contributed by atoms with E-state index in [2.05, 4.69) is 5.16 Å². The number of likely N-dealkylation sites (N-methyl/N-ethyl adjacent to an activating group) is 1. The van der Waals surface area contributed by atoms with Crippen LogP contribution in [0, 0.1) is 6.92 Å². The molecule has 1 unspecified atom stereocenters. The Labute approximate surface area is 137 Å². The molecule has 0 radical (unpaired) electrons. The summed E-state index contributed by atoms with van der Waals surface area (Å²) >= 11 is 0. The highest BCUT2D eigenvalue weighted by Crippen LogP contribution is 2.36. The molecule has 0 aliphatic rings. The first kappa shape index (κ1) is 17.8. The van der Waals surface area contributed by atoms with Crippen LogP contribution >= 0.6 is 0 Å². The van der Waals surface area contributed by atoms with Gasteiger partial charge in [-0.1, -0.05) is 17.3 Å². The summed E-state index contributed by atoms with van der Waals surface area (Å²) in [5.41, 5.74) is -0.370. The van der Waals surface area contributed by atoms with E-state index in [-0.39, 0.29) is 12.3 Å². The van der Waals surface area contributed by atoms with Crippen LogP contribution in [0.3, 0.4) is 0 Å². The molecule has 0 N–H and O–H groups in total. The Kier molecular flexibility index (Phi) is 5.16.